The molecule has 2 aromatic carbocycles. The molecule has 148 valence electrons. The molecule has 0 saturated carbocycles. The number of rotatable bonds is 4. The van der Waals surface area contributed by atoms with Crippen molar-refractivity contribution in [3.63, 3.8) is 0 Å². The van der Waals surface area contributed by atoms with E-state index >= 15 is 0 Å². The summed E-state index contributed by atoms with van der Waals surface area (Å²) < 4.78 is 0. The number of hydrogen-bond donors (Lipinski definition) is 2. The number of aromatic nitrogens is 1. The smallest absolute Gasteiger partial charge is 0.306 e. The van der Waals surface area contributed by atoms with Gasteiger partial charge in [0.05, 0.1) is 17.5 Å². The van der Waals surface area contributed by atoms with Crippen LogP contribution in [0.1, 0.15) is 29.6 Å². The van der Waals surface area contributed by atoms with E-state index in [9.17, 15) is 14.7 Å². The molecule has 1 aliphatic heterocycles. The number of aliphatic hydroxyl groups is 1. The van der Waals surface area contributed by atoms with E-state index in [0.717, 1.165) is 22.0 Å². The summed E-state index contributed by atoms with van der Waals surface area (Å²) in [4.78, 5) is 29.9. The van der Waals surface area contributed by atoms with Crippen LogP contribution >= 0.6 is 0 Å². The number of carboxylic acid groups (broad SMARTS) is 1. The fraction of sp³-hybridized carbons (Fsp3) is 0.261. The standard InChI is InChI=1S/C23H22N2O4/c26-20(27)15-23(29)10-13-25(14-11-23)22(28)18-8-6-16(7-9-18)19-5-1-3-17-4-2-12-24-21(17)19/h1-9,12,29H,10-11,13-15H2,(H,26,27). The topological polar surface area (TPSA) is 90.7 Å². The van der Waals surface area contributed by atoms with Crippen LogP contribution in [-0.2, 0) is 4.79 Å². The predicted molar refractivity (Wildman–Crippen MR) is 110 cm³/mol. The second-order valence-corrected chi connectivity index (χ2v) is 7.55. The Bertz CT molecular complexity index is 1050. The number of piperidine rings is 1. The van der Waals surface area contributed by atoms with Crippen LogP contribution in [0.25, 0.3) is 22.0 Å². The lowest BCUT2D eigenvalue weighted by atomic mass is 9.88. The Morgan fingerprint density at radius 3 is 2.38 bits per heavy atom. The van der Waals surface area contributed by atoms with E-state index in [1.807, 2.05) is 42.5 Å². The molecule has 1 amide bonds. The number of hydrogen-bond acceptors (Lipinski definition) is 4. The number of pyridine rings is 1. The van der Waals surface area contributed by atoms with Crippen LogP contribution in [0.4, 0.5) is 0 Å². The van der Waals surface area contributed by atoms with Crippen molar-refractivity contribution in [1.29, 1.82) is 0 Å². The molecule has 4 rings (SSSR count). The number of benzene rings is 2. The first-order valence-corrected chi connectivity index (χ1v) is 9.63. The minimum atomic E-state index is -1.23. The summed E-state index contributed by atoms with van der Waals surface area (Å²) in [5.41, 5.74) is 2.26. The number of carboxylic acids is 1. The van der Waals surface area contributed by atoms with Gasteiger partial charge in [-0.15, -0.1) is 0 Å². The molecule has 1 saturated heterocycles. The molecule has 1 aliphatic rings. The molecule has 1 aromatic heterocycles. The SMILES string of the molecule is O=C(O)CC1(O)CCN(C(=O)c2ccc(-c3cccc4cccnc34)cc2)CC1. The highest BCUT2D eigenvalue weighted by Gasteiger charge is 2.36. The maximum Gasteiger partial charge on any atom is 0.306 e. The lowest BCUT2D eigenvalue weighted by Gasteiger charge is -2.37. The largest absolute Gasteiger partial charge is 0.481 e. The van der Waals surface area contributed by atoms with Crippen LogP contribution in [0.15, 0.2) is 60.8 Å². The molecule has 6 nitrogen and oxygen atoms in total. The molecule has 2 heterocycles. The zero-order valence-corrected chi connectivity index (χ0v) is 15.9. The van der Waals surface area contributed by atoms with Crippen LogP contribution < -0.4 is 0 Å². The van der Waals surface area contributed by atoms with Gasteiger partial charge in [-0.1, -0.05) is 36.4 Å². The summed E-state index contributed by atoms with van der Waals surface area (Å²) in [6.45, 7) is 0.690. The van der Waals surface area contributed by atoms with Gasteiger partial charge in [0.15, 0.2) is 0 Å². The van der Waals surface area contributed by atoms with Gasteiger partial charge in [0.2, 0.25) is 0 Å². The molecule has 0 radical (unpaired) electrons. The number of para-hydroxylation sites is 1. The monoisotopic (exact) mass is 390 g/mol. The number of nitrogens with zero attached hydrogens (tertiary/aromatic N) is 2. The molecule has 0 aliphatic carbocycles. The third-order valence-corrected chi connectivity index (χ3v) is 5.54. The van der Waals surface area contributed by atoms with E-state index < -0.39 is 11.6 Å². The summed E-state index contributed by atoms with van der Waals surface area (Å²) in [6, 6.07) is 17.4. The zero-order valence-electron chi connectivity index (χ0n) is 15.9. The Morgan fingerprint density at radius 2 is 1.69 bits per heavy atom. The van der Waals surface area contributed by atoms with Gasteiger partial charge in [-0.05, 0) is 36.6 Å². The van der Waals surface area contributed by atoms with Crippen molar-refractivity contribution < 1.29 is 19.8 Å². The summed E-state index contributed by atoms with van der Waals surface area (Å²) in [7, 11) is 0. The van der Waals surface area contributed by atoms with E-state index in [1.165, 1.54) is 0 Å². The number of amides is 1. The van der Waals surface area contributed by atoms with E-state index in [4.69, 9.17) is 5.11 Å². The van der Waals surface area contributed by atoms with Crippen molar-refractivity contribution in [3.05, 3.63) is 66.4 Å². The van der Waals surface area contributed by atoms with E-state index in [2.05, 4.69) is 4.98 Å². The molecule has 0 bridgehead atoms. The van der Waals surface area contributed by atoms with Crippen molar-refractivity contribution in [2.24, 2.45) is 0 Å². The van der Waals surface area contributed by atoms with Gasteiger partial charge in [-0.3, -0.25) is 14.6 Å². The second-order valence-electron chi connectivity index (χ2n) is 7.55. The highest BCUT2D eigenvalue weighted by Crippen LogP contribution is 2.29. The van der Waals surface area contributed by atoms with Gasteiger partial charge in [-0.25, -0.2) is 0 Å². The van der Waals surface area contributed by atoms with Crippen molar-refractivity contribution >= 4 is 22.8 Å². The minimum absolute atomic E-state index is 0.107. The van der Waals surface area contributed by atoms with Crippen molar-refractivity contribution in [2.75, 3.05) is 13.1 Å². The van der Waals surface area contributed by atoms with Gasteiger partial charge in [-0.2, -0.15) is 0 Å². The molecular weight excluding hydrogens is 368 g/mol. The highest BCUT2D eigenvalue weighted by molar-refractivity contribution is 5.97. The van der Waals surface area contributed by atoms with Crippen LogP contribution in [0, 0.1) is 0 Å². The van der Waals surface area contributed by atoms with Gasteiger partial charge in [0.1, 0.15) is 0 Å². The van der Waals surface area contributed by atoms with Crippen LogP contribution in [0.5, 0.6) is 0 Å². The lowest BCUT2D eigenvalue weighted by molar-refractivity contribution is -0.144. The van der Waals surface area contributed by atoms with Crippen LogP contribution in [0.2, 0.25) is 0 Å². The van der Waals surface area contributed by atoms with E-state index in [-0.39, 0.29) is 25.2 Å². The first kappa shape index (κ1) is 19.1. The molecule has 6 heteroatoms. The zero-order chi connectivity index (χ0) is 20.4. The summed E-state index contributed by atoms with van der Waals surface area (Å²) in [6.07, 6.45) is 2.02. The molecule has 29 heavy (non-hydrogen) atoms. The number of fused-ring (bicyclic) bond motifs is 1. The summed E-state index contributed by atoms with van der Waals surface area (Å²) in [5, 5.41) is 20.3. The Kier molecular flexibility index (Phi) is 5.03. The van der Waals surface area contributed by atoms with Gasteiger partial charge in [0, 0.05) is 35.8 Å². The normalized spacial score (nSPS) is 16.0. The molecule has 0 atom stereocenters. The lowest BCUT2D eigenvalue weighted by Crippen LogP contribution is -2.47. The Morgan fingerprint density at radius 1 is 1.00 bits per heavy atom. The number of carbonyl (C=O) groups excluding carboxylic acids is 1. The maximum absolute atomic E-state index is 12.8. The van der Waals surface area contributed by atoms with Gasteiger partial charge >= 0.3 is 5.97 Å². The van der Waals surface area contributed by atoms with Crippen molar-refractivity contribution in [3.8, 4) is 11.1 Å². The Labute approximate surface area is 168 Å². The fourth-order valence-electron chi connectivity index (χ4n) is 3.90. The Balaban J connectivity index is 1.50. The average molecular weight is 390 g/mol. The molecule has 0 spiro atoms. The third-order valence-electron chi connectivity index (χ3n) is 5.54. The maximum atomic E-state index is 12.8. The molecule has 1 fully saturated rings. The van der Waals surface area contributed by atoms with E-state index in [1.54, 1.807) is 23.2 Å². The molecule has 2 N–H and O–H groups in total. The number of aliphatic carboxylic acids is 1. The van der Waals surface area contributed by atoms with Crippen LogP contribution in [0.3, 0.4) is 0 Å². The minimum Gasteiger partial charge on any atom is -0.481 e. The van der Waals surface area contributed by atoms with Crippen molar-refractivity contribution in [2.45, 2.75) is 24.9 Å². The summed E-state index contributed by atoms with van der Waals surface area (Å²) >= 11 is 0. The van der Waals surface area contributed by atoms with Gasteiger partial charge in [0.25, 0.3) is 5.91 Å². The second kappa shape index (κ2) is 7.64. The molecule has 3 aromatic rings. The fourth-order valence-corrected chi connectivity index (χ4v) is 3.90. The first-order valence-electron chi connectivity index (χ1n) is 9.63. The quantitative estimate of drug-likeness (QED) is 0.713. The number of carbonyl (C=O) groups is 2. The number of likely N-dealkylation sites (tertiary alicyclic amines) is 1. The summed E-state index contributed by atoms with van der Waals surface area (Å²) in [5.74, 6) is -1.13. The van der Waals surface area contributed by atoms with Crippen LogP contribution in [-0.4, -0.2) is 50.7 Å². The van der Waals surface area contributed by atoms with E-state index in [0.29, 0.717) is 18.7 Å². The average Bonchev–Trinajstić information content (AvgIpc) is 2.73. The third kappa shape index (κ3) is 3.98. The predicted octanol–water partition coefficient (Wildman–Crippen LogP) is 3.34. The Hall–Kier alpha value is -3.25. The first-order chi connectivity index (χ1) is 14.0. The molecular formula is C23H22N2O4. The van der Waals surface area contributed by atoms with Gasteiger partial charge < -0.3 is 15.1 Å². The molecule has 0 unspecified atom stereocenters. The highest BCUT2D eigenvalue weighted by atomic mass is 16.4. The van der Waals surface area contributed by atoms with Crippen molar-refractivity contribution in [1.82, 2.24) is 9.88 Å².